The van der Waals surface area contributed by atoms with E-state index in [0.717, 1.165) is 16.5 Å². The van der Waals surface area contributed by atoms with Crippen molar-refractivity contribution in [2.45, 2.75) is 6.04 Å². The Bertz CT molecular complexity index is 745. The number of benzene rings is 1. The van der Waals surface area contributed by atoms with Crippen molar-refractivity contribution in [1.29, 1.82) is 0 Å². The van der Waals surface area contributed by atoms with Gasteiger partial charge in [0.2, 0.25) is 5.91 Å². The number of carbonyl (C=O) groups is 1. The largest absolute Gasteiger partial charge is 0.459 e. The van der Waals surface area contributed by atoms with Gasteiger partial charge < -0.3 is 9.73 Å². The smallest absolute Gasteiger partial charge is 0.244 e. The molecule has 1 unspecified atom stereocenters. The summed E-state index contributed by atoms with van der Waals surface area (Å²) in [4.78, 5) is 15.8. The van der Waals surface area contributed by atoms with Crippen LogP contribution >= 0.6 is 0 Å². The van der Waals surface area contributed by atoms with Crippen LogP contribution in [0.25, 0.3) is 11.0 Å². The molecule has 3 rings (SSSR count). The third-order valence-corrected chi connectivity index (χ3v) is 3.22. The molecule has 104 valence electrons. The maximum absolute atomic E-state index is 11.7. The van der Waals surface area contributed by atoms with Crippen molar-refractivity contribution in [2.75, 3.05) is 0 Å². The van der Waals surface area contributed by atoms with Gasteiger partial charge in [0.05, 0.1) is 0 Å². The van der Waals surface area contributed by atoms with Crippen molar-refractivity contribution in [1.82, 2.24) is 10.3 Å². The normalized spacial score (nSPS) is 12.0. The van der Waals surface area contributed by atoms with Crippen molar-refractivity contribution >= 4 is 16.9 Å². The van der Waals surface area contributed by atoms with Crippen LogP contribution in [0.2, 0.25) is 0 Å². The lowest BCUT2D eigenvalue weighted by molar-refractivity contribution is -0.117. The second kappa shape index (κ2) is 5.63. The molecule has 0 saturated carbocycles. The van der Waals surface area contributed by atoms with E-state index < -0.39 is 6.04 Å². The highest BCUT2D eigenvalue weighted by Gasteiger charge is 2.20. The van der Waals surface area contributed by atoms with Crippen LogP contribution in [0.5, 0.6) is 0 Å². The van der Waals surface area contributed by atoms with Crippen molar-refractivity contribution in [3.8, 4) is 0 Å². The number of rotatable bonds is 4. The minimum absolute atomic E-state index is 0.260. The Morgan fingerprint density at radius 2 is 2.14 bits per heavy atom. The fraction of sp³-hybridized carbons (Fsp3) is 0.0588. The van der Waals surface area contributed by atoms with E-state index in [-0.39, 0.29) is 5.91 Å². The summed E-state index contributed by atoms with van der Waals surface area (Å²) < 4.78 is 5.85. The molecule has 0 aliphatic carbocycles. The molecule has 0 aliphatic heterocycles. The number of hydrogen-bond acceptors (Lipinski definition) is 3. The van der Waals surface area contributed by atoms with Crippen LogP contribution < -0.4 is 5.32 Å². The first kappa shape index (κ1) is 13.1. The van der Waals surface area contributed by atoms with Gasteiger partial charge in [-0.05, 0) is 24.3 Å². The van der Waals surface area contributed by atoms with E-state index in [9.17, 15) is 4.79 Å². The minimum Gasteiger partial charge on any atom is -0.459 e. The molecule has 2 aromatic heterocycles. The molecule has 4 heteroatoms. The van der Waals surface area contributed by atoms with Crippen molar-refractivity contribution in [2.24, 2.45) is 0 Å². The lowest BCUT2D eigenvalue weighted by atomic mass is 10.1. The molecule has 3 aromatic rings. The maximum Gasteiger partial charge on any atom is 0.244 e. The number of aromatic nitrogens is 1. The summed E-state index contributed by atoms with van der Waals surface area (Å²) in [6.07, 6.45) is 4.64. The molecule has 0 radical (unpaired) electrons. The van der Waals surface area contributed by atoms with Crippen LogP contribution in [-0.2, 0) is 4.79 Å². The zero-order valence-corrected chi connectivity index (χ0v) is 11.3. The zero-order valence-electron chi connectivity index (χ0n) is 11.3. The van der Waals surface area contributed by atoms with Gasteiger partial charge in [0.15, 0.2) is 0 Å². The maximum atomic E-state index is 11.7. The van der Waals surface area contributed by atoms with E-state index in [1.165, 1.54) is 6.08 Å². The van der Waals surface area contributed by atoms with E-state index in [0.29, 0.717) is 5.76 Å². The minimum atomic E-state index is -0.392. The fourth-order valence-corrected chi connectivity index (χ4v) is 2.21. The Morgan fingerprint density at radius 1 is 1.29 bits per heavy atom. The lowest BCUT2D eigenvalue weighted by Gasteiger charge is -2.15. The van der Waals surface area contributed by atoms with Gasteiger partial charge in [-0.3, -0.25) is 9.78 Å². The van der Waals surface area contributed by atoms with Crippen LogP contribution in [0.4, 0.5) is 0 Å². The Kier molecular flexibility index (Phi) is 3.51. The first-order valence-electron chi connectivity index (χ1n) is 6.59. The van der Waals surface area contributed by atoms with Gasteiger partial charge in [-0.1, -0.05) is 30.8 Å². The van der Waals surface area contributed by atoms with Crippen LogP contribution in [-0.4, -0.2) is 10.9 Å². The predicted octanol–water partition coefficient (Wildman–Crippen LogP) is 3.22. The van der Waals surface area contributed by atoms with Crippen LogP contribution in [0, 0.1) is 0 Å². The summed E-state index contributed by atoms with van der Waals surface area (Å²) in [6, 6.07) is 13.0. The molecular weight excluding hydrogens is 264 g/mol. The third kappa shape index (κ3) is 2.69. The molecular formula is C17H14N2O2. The second-order valence-corrected chi connectivity index (χ2v) is 4.62. The van der Waals surface area contributed by atoms with Crippen molar-refractivity contribution < 1.29 is 9.21 Å². The predicted molar refractivity (Wildman–Crippen MR) is 80.6 cm³/mol. The highest BCUT2D eigenvalue weighted by Crippen LogP contribution is 2.27. The average Bonchev–Trinajstić information content (AvgIpc) is 2.96. The molecule has 0 spiro atoms. The summed E-state index contributed by atoms with van der Waals surface area (Å²) in [7, 11) is 0. The summed E-state index contributed by atoms with van der Waals surface area (Å²) in [5, 5.41) is 3.86. The molecule has 0 bridgehead atoms. The molecule has 1 aromatic carbocycles. The topological polar surface area (TPSA) is 55.1 Å². The zero-order chi connectivity index (χ0) is 14.7. The van der Waals surface area contributed by atoms with E-state index in [4.69, 9.17) is 4.42 Å². The Hall–Kier alpha value is -2.88. The first-order chi connectivity index (χ1) is 10.3. The van der Waals surface area contributed by atoms with Gasteiger partial charge in [0.1, 0.15) is 17.4 Å². The summed E-state index contributed by atoms with van der Waals surface area (Å²) in [6.45, 7) is 3.49. The molecule has 0 saturated heterocycles. The van der Waals surface area contributed by atoms with E-state index in [2.05, 4.69) is 16.9 Å². The van der Waals surface area contributed by atoms with Gasteiger partial charge in [-0.25, -0.2) is 0 Å². The van der Waals surface area contributed by atoms with Gasteiger partial charge in [-0.15, -0.1) is 0 Å². The number of pyridine rings is 1. The summed E-state index contributed by atoms with van der Waals surface area (Å²) in [5.41, 5.74) is 1.64. The average molecular weight is 278 g/mol. The van der Waals surface area contributed by atoms with E-state index in [1.54, 1.807) is 12.4 Å². The summed E-state index contributed by atoms with van der Waals surface area (Å²) >= 11 is 0. The monoisotopic (exact) mass is 278 g/mol. The van der Waals surface area contributed by atoms with Crippen LogP contribution in [0.15, 0.2) is 71.9 Å². The molecule has 4 nitrogen and oxygen atoms in total. The number of furan rings is 1. The fourth-order valence-electron chi connectivity index (χ4n) is 2.21. The quantitative estimate of drug-likeness (QED) is 0.745. The highest BCUT2D eigenvalue weighted by atomic mass is 16.3. The first-order valence-corrected chi connectivity index (χ1v) is 6.59. The standard InChI is InChI=1S/C17H14N2O2/c1-2-16(20)19-17(13-7-5-9-18-11-13)15-10-12-6-3-4-8-14(12)21-15/h2-11,17H,1H2,(H,19,20). The SMILES string of the molecule is C=CC(=O)NC(c1cccnc1)c1cc2ccccc2o1. The molecule has 0 fully saturated rings. The molecule has 0 aliphatic rings. The third-order valence-electron chi connectivity index (χ3n) is 3.22. The number of amides is 1. The second-order valence-electron chi connectivity index (χ2n) is 4.62. The molecule has 21 heavy (non-hydrogen) atoms. The Morgan fingerprint density at radius 3 is 2.86 bits per heavy atom. The van der Waals surface area contributed by atoms with Crippen LogP contribution in [0.1, 0.15) is 17.4 Å². The number of nitrogens with one attached hydrogen (secondary N) is 1. The molecule has 1 N–H and O–H groups in total. The van der Waals surface area contributed by atoms with Crippen molar-refractivity contribution in [3.05, 3.63) is 78.8 Å². The lowest BCUT2D eigenvalue weighted by Crippen LogP contribution is -2.27. The highest BCUT2D eigenvalue weighted by molar-refractivity contribution is 5.87. The van der Waals surface area contributed by atoms with Crippen molar-refractivity contribution in [3.63, 3.8) is 0 Å². The molecule has 1 atom stereocenters. The number of carbonyl (C=O) groups excluding carboxylic acids is 1. The number of hydrogen-bond donors (Lipinski definition) is 1. The van der Waals surface area contributed by atoms with Gasteiger partial charge >= 0.3 is 0 Å². The molecule has 1 amide bonds. The number of fused-ring (bicyclic) bond motifs is 1. The Balaban J connectivity index is 2.05. The summed E-state index contributed by atoms with van der Waals surface area (Å²) in [5.74, 6) is 0.406. The molecule has 2 heterocycles. The van der Waals surface area contributed by atoms with E-state index >= 15 is 0 Å². The van der Waals surface area contributed by atoms with E-state index in [1.807, 2.05) is 42.5 Å². The van der Waals surface area contributed by atoms with Gasteiger partial charge in [-0.2, -0.15) is 0 Å². The van der Waals surface area contributed by atoms with Crippen LogP contribution in [0.3, 0.4) is 0 Å². The number of para-hydroxylation sites is 1. The number of nitrogens with zero attached hydrogens (tertiary/aromatic N) is 1. The Labute approximate surface area is 122 Å². The van der Waals surface area contributed by atoms with Gasteiger partial charge in [0, 0.05) is 23.3 Å². The van der Waals surface area contributed by atoms with Gasteiger partial charge in [0.25, 0.3) is 0 Å².